The third-order valence-corrected chi connectivity index (χ3v) is 4.69. The molecule has 16 heavy (non-hydrogen) atoms. The number of aliphatic hydroxyl groups is 2. The Hall–Kier alpha value is -0.340. The maximum absolute atomic E-state index is 10.2. The lowest BCUT2D eigenvalue weighted by Crippen LogP contribution is -2.39. The zero-order chi connectivity index (χ0) is 11.8. The van der Waals surface area contributed by atoms with E-state index in [1.54, 1.807) is 11.1 Å². The van der Waals surface area contributed by atoms with Gasteiger partial charge in [0.25, 0.3) is 0 Å². The minimum absolute atomic E-state index is 0.199. The van der Waals surface area contributed by atoms with E-state index in [9.17, 15) is 5.11 Å². The minimum Gasteiger partial charge on any atom is -0.396 e. The SMILES string of the molecule is CC1=C2C[C@@H](CCO)[C@@H](O)C[C@]2(C)CCC1. The largest absolute Gasteiger partial charge is 0.396 e. The van der Waals surface area contributed by atoms with Crippen LogP contribution in [-0.4, -0.2) is 22.9 Å². The van der Waals surface area contributed by atoms with E-state index >= 15 is 0 Å². The Morgan fingerprint density at radius 2 is 2.19 bits per heavy atom. The molecule has 0 aromatic heterocycles. The first-order valence-electron chi connectivity index (χ1n) is 6.55. The van der Waals surface area contributed by atoms with E-state index < -0.39 is 0 Å². The lowest BCUT2D eigenvalue weighted by atomic mass is 9.60. The summed E-state index contributed by atoms with van der Waals surface area (Å²) in [5.41, 5.74) is 3.37. The van der Waals surface area contributed by atoms with Gasteiger partial charge in [0.1, 0.15) is 0 Å². The molecule has 0 saturated heterocycles. The van der Waals surface area contributed by atoms with Crippen LogP contribution in [0.1, 0.15) is 52.4 Å². The molecule has 2 aliphatic carbocycles. The topological polar surface area (TPSA) is 40.5 Å². The summed E-state index contributed by atoms with van der Waals surface area (Å²) in [6.07, 6.45) is 6.15. The number of aliphatic hydroxyl groups excluding tert-OH is 2. The summed E-state index contributed by atoms with van der Waals surface area (Å²) in [5, 5.41) is 19.2. The van der Waals surface area contributed by atoms with Crippen molar-refractivity contribution in [2.45, 2.75) is 58.5 Å². The van der Waals surface area contributed by atoms with E-state index in [4.69, 9.17) is 5.11 Å². The highest BCUT2D eigenvalue weighted by Crippen LogP contribution is 2.51. The molecule has 2 nitrogen and oxygen atoms in total. The fraction of sp³-hybridized carbons (Fsp3) is 0.857. The molecule has 0 bridgehead atoms. The highest BCUT2D eigenvalue weighted by Gasteiger charge is 2.42. The average Bonchev–Trinajstić information content (AvgIpc) is 2.20. The smallest absolute Gasteiger partial charge is 0.0580 e. The molecule has 0 spiro atoms. The number of hydrogen-bond acceptors (Lipinski definition) is 2. The van der Waals surface area contributed by atoms with Gasteiger partial charge in [0, 0.05) is 6.61 Å². The summed E-state index contributed by atoms with van der Waals surface area (Å²) in [4.78, 5) is 0. The van der Waals surface area contributed by atoms with Gasteiger partial charge in [-0.3, -0.25) is 0 Å². The number of allylic oxidation sites excluding steroid dienone is 2. The van der Waals surface area contributed by atoms with Crippen LogP contribution in [0.4, 0.5) is 0 Å². The normalized spacial score (nSPS) is 39.8. The maximum atomic E-state index is 10.2. The van der Waals surface area contributed by atoms with Crippen molar-refractivity contribution in [3.05, 3.63) is 11.1 Å². The van der Waals surface area contributed by atoms with Crippen molar-refractivity contribution in [1.82, 2.24) is 0 Å². The molecule has 0 radical (unpaired) electrons. The van der Waals surface area contributed by atoms with Crippen molar-refractivity contribution in [3.63, 3.8) is 0 Å². The monoisotopic (exact) mass is 224 g/mol. The second-order valence-corrected chi connectivity index (χ2v) is 5.92. The molecule has 1 saturated carbocycles. The summed E-state index contributed by atoms with van der Waals surface area (Å²) in [6, 6.07) is 0. The zero-order valence-electron chi connectivity index (χ0n) is 10.5. The van der Waals surface area contributed by atoms with Gasteiger partial charge in [-0.25, -0.2) is 0 Å². The third-order valence-electron chi connectivity index (χ3n) is 4.69. The van der Waals surface area contributed by atoms with Crippen molar-refractivity contribution in [3.8, 4) is 0 Å². The van der Waals surface area contributed by atoms with Gasteiger partial charge in [0.2, 0.25) is 0 Å². The standard InChI is InChI=1S/C14H24O2/c1-10-4-3-6-14(2)9-13(16)11(5-7-15)8-12(10)14/h11,13,15-16H,3-9H2,1-2H3/t11-,13+,14+/m1/s1. The van der Waals surface area contributed by atoms with Crippen LogP contribution >= 0.6 is 0 Å². The molecule has 3 atom stereocenters. The molecule has 0 unspecified atom stereocenters. The lowest BCUT2D eigenvalue weighted by molar-refractivity contribution is 0.0213. The van der Waals surface area contributed by atoms with E-state index in [1.165, 1.54) is 19.3 Å². The molecule has 0 amide bonds. The Morgan fingerprint density at radius 3 is 2.88 bits per heavy atom. The third kappa shape index (κ3) is 2.05. The first-order chi connectivity index (χ1) is 7.57. The minimum atomic E-state index is -0.216. The second kappa shape index (κ2) is 4.50. The van der Waals surface area contributed by atoms with Gasteiger partial charge >= 0.3 is 0 Å². The zero-order valence-corrected chi connectivity index (χ0v) is 10.5. The Morgan fingerprint density at radius 1 is 1.44 bits per heavy atom. The number of hydrogen-bond donors (Lipinski definition) is 2. The molecule has 92 valence electrons. The van der Waals surface area contributed by atoms with E-state index in [1.807, 2.05) is 0 Å². The van der Waals surface area contributed by atoms with E-state index in [2.05, 4.69) is 13.8 Å². The van der Waals surface area contributed by atoms with Gasteiger partial charge < -0.3 is 10.2 Å². The molecule has 2 aliphatic rings. The fourth-order valence-corrected chi connectivity index (χ4v) is 3.69. The van der Waals surface area contributed by atoms with Gasteiger partial charge in [-0.05, 0) is 56.8 Å². The lowest BCUT2D eigenvalue weighted by Gasteiger charge is -2.46. The van der Waals surface area contributed by atoms with Crippen LogP contribution in [0.5, 0.6) is 0 Å². The van der Waals surface area contributed by atoms with Crippen molar-refractivity contribution in [2.24, 2.45) is 11.3 Å². The van der Waals surface area contributed by atoms with Crippen LogP contribution in [0.2, 0.25) is 0 Å². The summed E-state index contributed by atoms with van der Waals surface area (Å²) in [5.74, 6) is 0.279. The van der Waals surface area contributed by atoms with E-state index in [0.717, 1.165) is 19.3 Å². The van der Waals surface area contributed by atoms with Crippen LogP contribution in [-0.2, 0) is 0 Å². The molecule has 0 heterocycles. The maximum Gasteiger partial charge on any atom is 0.0580 e. The summed E-state index contributed by atoms with van der Waals surface area (Å²) in [6.45, 7) is 4.76. The first kappa shape index (κ1) is 12.1. The van der Waals surface area contributed by atoms with Crippen LogP contribution in [0.15, 0.2) is 11.1 Å². The predicted octanol–water partition coefficient (Wildman–Crippen LogP) is 2.65. The first-order valence-corrected chi connectivity index (χ1v) is 6.55. The average molecular weight is 224 g/mol. The second-order valence-electron chi connectivity index (χ2n) is 5.92. The van der Waals surface area contributed by atoms with Crippen LogP contribution in [0.3, 0.4) is 0 Å². The summed E-state index contributed by atoms with van der Waals surface area (Å²) >= 11 is 0. The molecule has 1 fully saturated rings. The molecular weight excluding hydrogens is 200 g/mol. The summed E-state index contributed by atoms with van der Waals surface area (Å²) in [7, 11) is 0. The van der Waals surface area contributed by atoms with Crippen molar-refractivity contribution >= 4 is 0 Å². The molecule has 2 rings (SSSR count). The van der Waals surface area contributed by atoms with Crippen molar-refractivity contribution in [1.29, 1.82) is 0 Å². The molecule has 0 aromatic rings. The Balaban J connectivity index is 2.22. The quantitative estimate of drug-likeness (QED) is 0.708. The van der Waals surface area contributed by atoms with Crippen LogP contribution < -0.4 is 0 Å². The molecular formula is C14H24O2. The Kier molecular flexibility index (Phi) is 3.41. The van der Waals surface area contributed by atoms with E-state index in [0.29, 0.717) is 0 Å². The van der Waals surface area contributed by atoms with Gasteiger partial charge in [0.15, 0.2) is 0 Å². The highest BCUT2D eigenvalue weighted by molar-refractivity contribution is 5.26. The predicted molar refractivity (Wildman–Crippen MR) is 65.1 cm³/mol. The van der Waals surface area contributed by atoms with Crippen molar-refractivity contribution in [2.75, 3.05) is 6.61 Å². The fourth-order valence-electron chi connectivity index (χ4n) is 3.69. The van der Waals surface area contributed by atoms with E-state index in [-0.39, 0.29) is 24.0 Å². The molecule has 0 aromatic carbocycles. The van der Waals surface area contributed by atoms with Gasteiger partial charge in [0.05, 0.1) is 6.10 Å². The molecule has 0 aliphatic heterocycles. The number of rotatable bonds is 2. The number of fused-ring (bicyclic) bond motifs is 1. The van der Waals surface area contributed by atoms with Crippen molar-refractivity contribution < 1.29 is 10.2 Å². The van der Waals surface area contributed by atoms with Gasteiger partial charge in [-0.1, -0.05) is 18.1 Å². The Labute approximate surface area is 98.4 Å². The van der Waals surface area contributed by atoms with Gasteiger partial charge in [-0.2, -0.15) is 0 Å². The Bertz CT molecular complexity index is 295. The highest BCUT2D eigenvalue weighted by atomic mass is 16.3. The van der Waals surface area contributed by atoms with Crippen LogP contribution in [0.25, 0.3) is 0 Å². The van der Waals surface area contributed by atoms with Gasteiger partial charge in [-0.15, -0.1) is 0 Å². The summed E-state index contributed by atoms with van der Waals surface area (Å²) < 4.78 is 0. The van der Waals surface area contributed by atoms with Crippen LogP contribution in [0, 0.1) is 11.3 Å². The molecule has 2 N–H and O–H groups in total. The molecule has 2 heteroatoms.